The molecule has 1 amide bonds. The van der Waals surface area contributed by atoms with Crippen molar-refractivity contribution in [2.75, 3.05) is 5.32 Å². The summed E-state index contributed by atoms with van der Waals surface area (Å²) in [6, 6.07) is 12.2. The van der Waals surface area contributed by atoms with Crippen LogP contribution in [0.4, 0.5) is 14.5 Å². The van der Waals surface area contributed by atoms with E-state index in [1.54, 1.807) is 40.1 Å². The van der Waals surface area contributed by atoms with Crippen molar-refractivity contribution < 1.29 is 22.9 Å². The largest absolute Gasteiger partial charge is 0.324 e. The molecule has 0 atom stereocenters. The Balaban J connectivity index is 1.34. The molecule has 0 saturated heterocycles. The summed E-state index contributed by atoms with van der Waals surface area (Å²) >= 11 is 0. The molecule has 0 radical (unpaired) electrons. The molecule has 4 aromatic rings. The van der Waals surface area contributed by atoms with Crippen molar-refractivity contribution in [3.8, 4) is 0 Å². The number of imidazole rings is 1. The quantitative estimate of drug-likeness (QED) is 0.367. The number of amides is 1. The average molecular weight is 421 g/mol. The van der Waals surface area contributed by atoms with Crippen LogP contribution in [0, 0.1) is 11.6 Å². The van der Waals surface area contributed by atoms with Crippen LogP contribution in [0.15, 0.2) is 73.4 Å². The van der Waals surface area contributed by atoms with E-state index in [0.29, 0.717) is 18.3 Å². The van der Waals surface area contributed by atoms with Crippen LogP contribution in [-0.2, 0) is 17.9 Å². The van der Waals surface area contributed by atoms with Crippen LogP contribution in [-0.4, -0.2) is 21.2 Å². The summed E-state index contributed by atoms with van der Waals surface area (Å²) in [4.78, 5) is 29.0. The summed E-state index contributed by atoms with van der Waals surface area (Å²) in [6.45, 7) is 0.305. The van der Waals surface area contributed by atoms with Crippen molar-refractivity contribution in [2.45, 2.75) is 19.5 Å². The van der Waals surface area contributed by atoms with Gasteiger partial charge in [0.2, 0.25) is 18.0 Å². The Labute approximate surface area is 176 Å². The maximum atomic E-state index is 13.8. The lowest BCUT2D eigenvalue weighted by Gasteiger charge is -2.07. The van der Waals surface area contributed by atoms with Crippen LogP contribution >= 0.6 is 0 Å². The highest BCUT2D eigenvalue weighted by atomic mass is 19.1. The maximum Gasteiger partial charge on any atom is 0.244 e. The molecule has 0 unspecified atom stereocenters. The normalized spacial score (nSPS) is 10.9. The Kier molecular flexibility index (Phi) is 5.79. The number of aryl methyl sites for hydroxylation is 1. The number of hydrogen-bond donors (Lipinski definition) is 1. The van der Waals surface area contributed by atoms with E-state index in [1.807, 2.05) is 24.3 Å². The van der Waals surface area contributed by atoms with E-state index in [0.717, 1.165) is 23.0 Å². The molecule has 8 heteroatoms. The molecule has 4 rings (SSSR count). The van der Waals surface area contributed by atoms with Gasteiger partial charge in [0.25, 0.3) is 0 Å². The lowest BCUT2D eigenvalue weighted by atomic mass is 10.1. The van der Waals surface area contributed by atoms with Crippen LogP contribution in [0.25, 0.3) is 10.9 Å². The fourth-order valence-electron chi connectivity index (χ4n) is 3.28. The van der Waals surface area contributed by atoms with Crippen LogP contribution in [0.3, 0.4) is 0 Å². The molecule has 1 N–H and O–H groups in total. The summed E-state index contributed by atoms with van der Waals surface area (Å²) in [5.74, 6) is -2.25. The Morgan fingerprint density at radius 1 is 1.10 bits per heavy atom. The van der Waals surface area contributed by atoms with Gasteiger partial charge >= 0.3 is 0 Å². The number of fused-ring (bicyclic) bond motifs is 1. The van der Waals surface area contributed by atoms with Crippen molar-refractivity contribution in [1.29, 1.82) is 0 Å². The number of halogens is 2. The molecule has 156 valence electrons. The van der Waals surface area contributed by atoms with Gasteiger partial charge in [-0.05, 0) is 24.3 Å². The van der Waals surface area contributed by atoms with Gasteiger partial charge < -0.3 is 5.32 Å². The molecule has 31 heavy (non-hydrogen) atoms. The molecule has 0 bridgehead atoms. The first-order chi connectivity index (χ1) is 15.0. The zero-order valence-electron chi connectivity index (χ0n) is 16.5. The number of hydrogen-bond acceptors (Lipinski definition) is 3. The van der Waals surface area contributed by atoms with E-state index < -0.39 is 17.4 Å². The van der Waals surface area contributed by atoms with Gasteiger partial charge in [0.15, 0.2) is 6.54 Å². The molecule has 0 aliphatic carbocycles. The van der Waals surface area contributed by atoms with E-state index in [9.17, 15) is 18.4 Å². The first-order valence-electron chi connectivity index (χ1n) is 9.66. The molecular formula is C23H19F2N4O2+. The van der Waals surface area contributed by atoms with Crippen molar-refractivity contribution in [1.82, 2.24) is 9.55 Å². The minimum Gasteiger partial charge on any atom is -0.324 e. The van der Waals surface area contributed by atoms with Gasteiger partial charge in [-0.3, -0.25) is 14.6 Å². The Bertz CT molecular complexity index is 1260. The Hall–Kier alpha value is -3.94. The fraction of sp³-hybridized carbons (Fsp3) is 0.130. The molecule has 0 saturated carbocycles. The number of Topliss-reactive ketones (excluding diaryl/α,β-unsaturated/α-hetero) is 1. The number of carbonyl (C=O) groups is 2. The van der Waals surface area contributed by atoms with Gasteiger partial charge in [0, 0.05) is 17.6 Å². The highest BCUT2D eigenvalue weighted by molar-refractivity contribution is 6.00. The van der Waals surface area contributed by atoms with Gasteiger partial charge in [-0.15, -0.1) is 0 Å². The highest BCUT2D eigenvalue weighted by Gasteiger charge is 2.16. The predicted molar refractivity (Wildman–Crippen MR) is 110 cm³/mol. The fourth-order valence-corrected chi connectivity index (χ4v) is 3.28. The monoisotopic (exact) mass is 421 g/mol. The smallest absolute Gasteiger partial charge is 0.244 e. The maximum absolute atomic E-state index is 13.8. The standard InChI is InChI=1S/C23H18F2N4O2/c24-17-6-7-18(19(25)13-17)21(30)14-29-12-11-28(15-29)10-8-22(31)27-20-5-1-3-16-4-2-9-26-23(16)20/h1-7,9,11-13,15H,8,10,14H2/p+1. The van der Waals surface area contributed by atoms with Crippen molar-refractivity contribution >= 4 is 28.3 Å². The van der Waals surface area contributed by atoms with Crippen molar-refractivity contribution in [3.63, 3.8) is 0 Å². The number of para-hydroxylation sites is 1. The summed E-state index contributed by atoms with van der Waals surface area (Å²) in [5.41, 5.74) is 1.21. The van der Waals surface area contributed by atoms with Crippen LogP contribution in [0.5, 0.6) is 0 Å². The highest BCUT2D eigenvalue weighted by Crippen LogP contribution is 2.20. The minimum absolute atomic E-state index is 0.0938. The third-order valence-electron chi connectivity index (χ3n) is 4.81. The van der Waals surface area contributed by atoms with Crippen molar-refractivity contribution in [3.05, 3.63) is 90.6 Å². The average Bonchev–Trinajstić information content (AvgIpc) is 3.20. The van der Waals surface area contributed by atoms with Gasteiger partial charge in [-0.25, -0.2) is 17.9 Å². The number of pyridine rings is 1. The number of nitrogens with zero attached hydrogens (tertiary/aromatic N) is 3. The van der Waals surface area contributed by atoms with Crippen LogP contribution in [0.2, 0.25) is 0 Å². The molecular weight excluding hydrogens is 402 g/mol. The summed E-state index contributed by atoms with van der Waals surface area (Å²) in [5, 5.41) is 3.82. The number of nitrogens with one attached hydrogen (secondary N) is 1. The lowest BCUT2D eigenvalue weighted by Crippen LogP contribution is -2.36. The van der Waals surface area contributed by atoms with Crippen LogP contribution in [0.1, 0.15) is 16.8 Å². The second kappa shape index (κ2) is 8.83. The molecule has 2 aromatic carbocycles. The molecule has 0 fully saturated rings. The third-order valence-corrected chi connectivity index (χ3v) is 4.81. The SMILES string of the molecule is O=C(CCn1cc[n+](CC(=O)c2ccc(F)cc2F)c1)Nc1cccc2cccnc12. The van der Waals surface area contributed by atoms with Gasteiger partial charge in [-0.1, -0.05) is 18.2 Å². The number of aromatic nitrogens is 3. The second-order valence-corrected chi connectivity index (χ2v) is 7.05. The first-order valence-corrected chi connectivity index (χ1v) is 9.66. The lowest BCUT2D eigenvalue weighted by molar-refractivity contribution is -0.682. The number of ketones is 1. The van der Waals surface area contributed by atoms with E-state index in [1.165, 1.54) is 0 Å². The topological polar surface area (TPSA) is 67.9 Å². The van der Waals surface area contributed by atoms with Crippen LogP contribution < -0.4 is 9.88 Å². The minimum atomic E-state index is -0.885. The van der Waals surface area contributed by atoms with E-state index in [-0.39, 0.29) is 24.4 Å². The Morgan fingerprint density at radius 2 is 1.94 bits per heavy atom. The first kappa shape index (κ1) is 20.3. The summed E-state index contributed by atoms with van der Waals surface area (Å²) < 4.78 is 30.1. The Morgan fingerprint density at radius 3 is 2.77 bits per heavy atom. The number of carbonyl (C=O) groups excluding carboxylic acids is 2. The number of anilines is 1. The third kappa shape index (κ3) is 4.80. The zero-order chi connectivity index (χ0) is 21.8. The summed E-state index contributed by atoms with van der Waals surface area (Å²) in [7, 11) is 0. The molecule has 0 aliphatic rings. The number of rotatable bonds is 7. The van der Waals surface area contributed by atoms with Gasteiger partial charge in [0.05, 0.1) is 29.7 Å². The summed E-state index contributed by atoms with van der Waals surface area (Å²) in [6.07, 6.45) is 6.94. The van der Waals surface area contributed by atoms with Gasteiger partial charge in [-0.2, -0.15) is 0 Å². The molecule has 0 aliphatic heterocycles. The zero-order valence-corrected chi connectivity index (χ0v) is 16.5. The number of benzene rings is 2. The van der Waals surface area contributed by atoms with Crippen molar-refractivity contribution in [2.24, 2.45) is 0 Å². The van der Waals surface area contributed by atoms with E-state index >= 15 is 0 Å². The molecule has 2 heterocycles. The van der Waals surface area contributed by atoms with Gasteiger partial charge in [0.1, 0.15) is 24.0 Å². The molecule has 0 spiro atoms. The predicted octanol–water partition coefficient (Wildman–Crippen LogP) is 3.51. The van der Waals surface area contributed by atoms with E-state index in [2.05, 4.69) is 10.3 Å². The van der Waals surface area contributed by atoms with E-state index in [4.69, 9.17) is 0 Å². The molecule has 2 aromatic heterocycles. The molecule has 6 nitrogen and oxygen atoms in total. The second-order valence-electron chi connectivity index (χ2n) is 7.05.